The van der Waals surface area contributed by atoms with Gasteiger partial charge in [0.1, 0.15) is 4.90 Å². The topological polar surface area (TPSA) is 79.6 Å². The highest BCUT2D eigenvalue weighted by Crippen LogP contribution is 2.36. The smallest absolute Gasteiger partial charge is 0.289 e. The maximum Gasteiger partial charge on any atom is 0.289 e. The van der Waals surface area contributed by atoms with Crippen LogP contribution in [0.15, 0.2) is 33.6 Å². The SMILES string of the molecule is Cc1ccc(NS(=O)(=O)c2c(C)c(C)cc3c(C)c(C(=O)N4CCCC4)oc23)cc1Cl. The van der Waals surface area contributed by atoms with Crippen LogP contribution in [0, 0.1) is 27.7 Å². The number of carbonyl (C=O) groups excluding carboxylic acids is 1. The fraction of sp³-hybridized carbons (Fsp3) is 0.348. The predicted octanol–water partition coefficient (Wildman–Crippen LogP) is 5.36. The van der Waals surface area contributed by atoms with Crippen LogP contribution < -0.4 is 4.72 Å². The number of amides is 1. The molecular formula is C23H25ClN2O4S. The van der Waals surface area contributed by atoms with Crippen LogP contribution in [0.1, 0.15) is 45.7 Å². The molecule has 0 spiro atoms. The van der Waals surface area contributed by atoms with Crippen molar-refractivity contribution in [2.75, 3.05) is 17.8 Å². The lowest BCUT2D eigenvalue weighted by Gasteiger charge is -2.14. The maximum atomic E-state index is 13.4. The second kappa shape index (κ2) is 7.88. The van der Waals surface area contributed by atoms with E-state index < -0.39 is 10.0 Å². The van der Waals surface area contributed by atoms with Gasteiger partial charge in [0, 0.05) is 29.1 Å². The van der Waals surface area contributed by atoms with Crippen molar-refractivity contribution < 1.29 is 17.6 Å². The quantitative estimate of drug-likeness (QED) is 0.568. The summed E-state index contributed by atoms with van der Waals surface area (Å²) in [6.45, 7) is 8.62. The number of carbonyl (C=O) groups is 1. The van der Waals surface area contributed by atoms with Crippen LogP contribution in [0.25, 0.3) is 11.0 Å². The second-order valence-corrected chi connectivity index (χ2v) is 10.2. The monoisotopic (exact) mass is 460 g/mol. The molecule has 31 heavy (non-hydrogen) atoms. The summed E-state index contributed by atoms with van der Waals surface area (Å²) < 4.78 is 35.4. The van der Waals surface area contributed by atoms with Crippen LogP contribution in [-0.4, -0.2) is 32.3 Å². The number of anilines is 1. The van der Waals surface area contributed by atoms with Gasteiger partial charge in [-0.2, -0.15) is 0 Å². The Hall–Kier alpha value is -2.51. The van der Waals surface area contributed by atoms with Crippen molar-refractivity contribution in [1.82, 2.24) is 4.90 Å². The lowest BCUT2D eigenvalue weighted by atomic mass is 10.0. The van der Waals surface area contributed by atoms with Crippen molar-refractivity contribution in [1.29, 1.82) is 0 Å². The zero-order chi connectivity index (χ0) is 22.5. The van der Waals surface area contributed by atoms with E-state index in [9.17, 15) is 13.2 Å². The van der Waals surface area contributed by atoms with Gasteiger partial charge in [-0.05, 0) is 75.4 Å². The Balaban J connectivity index is 1.86. The summed E-state index contributed by atoms with van der Waals surface area (Å²) in [5.74, 6) is 0.0138. The molecule has 1 aliphatic rings. The minimum Gasteiger partial charge on any atom is -0.449 e. The molecule has 0 radical (unpaired) electrons. The molecule has 1 saturated heterocycles. The molecular weight excluding hydrogens is 436 g/mol. The van der Waals surface area contributed by atoms with Gasteiger partial charge in [-0.3, -0.25) is 9.52 Å². The summed E-state index contributed by atoms with van der Waals surface area (Å²) in [5, 5.41) is 1.10. The number of furan rings is 1. The number of halogens is 1. The van der Waals surface area contributed by atoms with E-state index in [0.717, 1.165) is 24.0 Å². The zero-order valence-corrected chi connectivity index (χ0v) is 19.6. The molecule has 1 aliphatic heterocycles. The van der Waals surface area contributed by atoms with E-state index in [1.165, 1.54) is 0 Å². The molecule has 0 unspecified atom stereocenters. The maximum absolute atomic E-state index is 13.4. The number of likely N-dealkylation sites (tertiary alicyclic amines) is 1. The number of sulfonamides is 1. The first-order chi connectivity index (χ1) is 14.6. The molecule has 1 N–H and O–H groups in total. The van der Waals surface area contributed by atoms with Crippen LogP contribution in [0.2, 0.25) is 5.02 Å². The molecule has 1 amide bonds. The third-order valence-corrected chi connectivity index (χ3v) is 7.91. The minimum atomic E-state index is -4.00. The Morgan fingerprint density at radius 1 is 1.03 bits per heavy atom. The van der Waals surface area contributed by atoms with Gasteiger partial charge in [0.2, 0.25) is 0 Å². The van der Waals surface area contributed by atoms with Crippen LogP contribution in [0.3, 0.4) is 0 Å². The molecule has 2 heterocycles. The number of hydrogen-bond acceptors (Lipinski definition) is 4. The number of nitrogens with one attached hydrogen (secondary N) is 1. The lowest BCUT2D eigenvalue weighted by Crippen LogP contribution is -2.27. The predicted molar refractivity (Wildman–Crippen MR) is 123 cm³/mol. The molecule has 0 atom stereocenters. The summed E-state index contributed by atoms with van der Waals surface area (Å²) in [6.07, 6.45) is 1.93. The molecule has 4 rings (SSSR count). The summed E-state index contributed by atoms with van der Waals surface area (Å²) in [6, 6.07) is 6.87. The average Bonchev–Trinajstić information content (AvgIpc) is 3.34. The average molecular weight is 461 g/mol. The molecule has 0 saturated carbocycles. The molecule has 164 valence electrons. The molecule has 0 aliphatic carbocycles. The van der Waals surface area contributed by atoms with E-state index in [0.29, 0.717) is 40.3 Å². The molecule has 6 nitrogen and oxygen atoms in total. The fourth-order valence-corrected chi connectivity index (χ4v) is 5.68. The highest BCUT2D eigenvalue weighted by molar-refractivity contribution is 7.93. The van der Waals surface area contributed by atoms with E-state index >= 15 is 0 Å². The van der Waals surface area contributed by atoms with E-state index in [1.54, 1.807) is 36.9 Å². The summed E-state index contributed by atoms with van der Waals surface area (Å²) >= 11 is 6.17. The normalized spacial score (nSPS) is 14.4. The minimum absolute atomic E-state index is 0.0442. The van der Waals surface area contributed by atoms with Crippen molar-refractivity contribution in [2.24, 2.45) is 0 Å². The van der Waals surface area contributed by atoms with Gasteiger partial charge in [0.05, 0.1) is 5.69 Å². The second-order valence-electron chi connectivity index (χ2n) is 8.15. The molecule has 8 heteroatoms. The number of fused-ring (bicyclic) bond motifs is 1. The molecule has 2 aromatic carbocycles. The number of rotatable bonds is 4. The standard InChI is InChI=1S/C23H25ClN2O4S/c1-13-7-8-17(12-19(13)24)25-31(28,29)22-15(3)14(2)11-18-16(4)20(30-21(18)22)23(27)26-9-5-6-10-26/h7-8,11-12,25H,5-6,9-10H2,1-4H3. The first-order valence-electron chi connectivity index (χ1n) is 10.2. The molecule has 3 aromatic rings. The van der Waals surface area contributed by atoms with Crippen LogP contribution >= 0.6 is 11.6 Å². The van der Waals surface area contributed by atoms with E-state index in [4.69, 9.17) is 16.0 Å². The van der Waals surface area contributed by atoms with Crippen molar-refractivity contribution in [2.45, 2.75) is 45.4 Å². The highest BCUT2D eigenvalue weighted by Gasteiger charge is 2.30. The summed E-state index contributed by atoms with van der Waals surface area (Å²) in [7, 11) is -4.00. The number of benzene rings is 2. The third kappa shape index (κ3) is 3.81. The zero-order valence-electron chi connectivity index (χ0n) is 18.0. The van der Waals surface area contributed by atoms with Gasteiger partial charge in [-0.15, -0.1) is 0 Å². The van der Waals surface area contributed by atoms with E-state index in [1.807, 2.05) is 19.9 Å². The Morgan fingerprint density at radius 2 is 1.71 bits per heavy atom. The molecule has 1 fully saturated rings. The van der Waals surface area contributed by atoms with Gasteiger partial charge in [-0.25, -0.2) is 8.42 Å². The van der Waals surface area contributed by atoms with Gasteiger partial charge in [-0.1, -0.05) is 17.7 Å². The fourth-order valence-electron chi connectivity index (χ4n) is 4.00. The molecule has 0 bridgehead atoms. The Morgan fingerprint density at radius 3 is 2.35 bits per heavy atom. The first-order valence-corrected chi connectivity index (χ1v) is 12.1. The van der Waals surface area contributed by atoms with Crippen molar-refractivity contribution in [3.8, 4) is 0 Å². The number of hydrogen-bond donors (Lipinski definition) is 1. The summed E-state index contributed by atoms with van der Waals surface area (Å²) in [5.41, 5.74) is 3.46. The number of nitrogens with zero attached hydrogens (tertiary/aromatic N) is 1. The third-order valence-electron chi connectivity index (χ3n) is 5.97. The Bertz CT molecular complexity index is 1310. The van der Waals surface area contributed by atoms with E-state index in [2.05, 4.69) is 4.72 Å². The van der Waals surface area contributed by atoms with Gasteiger partial charge in [0.15, 0.2) is 11.3 Å². The molecule has 1 aromatic heterocycles. The Kier molecular flexibility index (Phi) is 5.52. The van der Waals surface area contributed by atoms with Crippen molar-refractivity contribution in [3.63, 3.8) is 0 Å². The largest absolute Gasteiger partial charge is 0.449 e. The number of aryl methyl sites for hydroxylation is 3. The van der Waals surface area contributed by atoms with Crippen LogP contribution in [-0.2, 0) is 10.0 Å². The van der Waals surface area contributed by atoms with Gasteiger partial charge in [0.25, 0.3) is 15.9 Å². The van der Waals surface area contributed by atoms with Crippen molar-refractivity contribution in [3.05, 3.63) is 57.3 Å². The van der Waals surface area contributed by atoms with E-state index in [-0.39, 0.29) is 22.1 Å². The Labute approximate surface area is 187 Å². The van der Waals surface area contributed by atoms with Gasteiger partial charge < -0.3 is 9.32 Å². The van der Waals surface area contributed by atoms with Crippen LogP contribution in [0.5, 0.6) is 0 Å². The van der Waals surface area contributed by atoms with Crippen LogP contribution in [0.4, 0.5) is 5.69 Å². The van der Waals surface area contributed by atoms with Gasteiger partial charge >= 0.3 is 0 Å². The summed E-state index contributed by atoms with van der Waals surface area (Å²) in [4.78, 5) is 14.8. The lowest BCUT2D eigenvalue weighted by molar-refractivity contribution is 0.0762. The first kappa shape index (κ1) is 21.7. The highest BCUT2D eigenvalue weighted by atomic mass is 35.5. The van der Waals surface area contributed by atoms with Crippen molar-refractivity contribution >= 4 is 44.2 Å².